The van der Waals surface area contributed by atoms with Crippen LogP contribution in [-0.4, -0.2) is 23.8 Å². The van der Waals surface area contributed by atoms with Crippen molar-refractivity contribution in [3.63, 3.8) is 0 Å². The van der Waals surface area contributed by atoms with Crippen molar-refractivity contribution in [2.24, 2.45) is 11.8 Å². The van der Waals surface area contributed by atoms with Gasteiger partial charge in [-0.25, -0.2) is 0 Å². The Labute approximate surface area is 82.7 Å². The van der Waals surface area contributed by atoms with E-state index in [9.17, 15) is 0 Å². The maximum absolute atomic E-state index is 9.14. The second-order valence-electron chi connectivity index (χ2n) is 4.71. The molecule has 2 heteroatoms. The highest BCUT2D eigenvalue weighted by Crippen LogP contribution is 2.07. The summed E-state index contributed by atoms with van der Waals surface area (Å²) in [5.74, 6) is 1.27. The number of aliphatic hydroxyl groups excluding tert-OH is 1. The van der Waals surface area contributed by atoms with E-state index in [1.165, 1.54) is 0 Å². The average molecular weight is 187 g/mol. The molecular formula is C11H25NO. The summed E-state index contributed by atoms with van der Waals surface area (Å²) in [5, 5.41) is 12.6. The minimum absolute atomic E-state index is 0.245. The third-order valence-corrected chi connectivity index (χ3v) is 2.47. The molecular weight excluding hydrogens is 162 g/mol. The van der Waals surface area contributed by atoms with Gasteiger partial charge < -0.3 is 10.4 Å². The van der Waals surface area contributed by atoms with E-state index in [0.29, 0.717) is 17.9 Å². The van der Waals surface area contributed by atoms with Gasteiger partial charge in [-0.2, -0.15) is 0 Å². The quantitative estimate of drug-likeness (QED) is 0.667. The third-order valence-electron chi connectivity index (χ3n) is 2.47. The van der Waals surface area contributed by atoms with Gasteiger partial charge in [0.25, 0.3) is 0 Å². The van der Waals surface area contributed by atoms with E-state index >= 15 is 0 Å². The van der Waals surface area contributed by atoms with Gasteiger partial charge in [0, 0.05) is 12.1 Å². The summed E-state index contributed by atoms with van der Waals surface area (Å²) in [6.45, 7) is 11.2. The number of hydrogen-bond acceptors (Lipinski definition) is 2. The van der Waals surface area contributed by atoms with Crippen LogP contribution in [0.1, 0.15) is 41.0 Å². The maximum Gasteiger partial charge on any atom is 0.0584 e. The highest BCUT2D eigenvalue weighted by molar-refractivity contribution is 4.73. The average Bonchev–Trinajstić information content (AvgIpc) is 2.02. The normalized spacial score (nSPS) is 16.6. The van der Waals surface area contributed by atoms with Crippen LogP contribution in [0.25, 0.3) is 0 Å². The molecule has 0 aromatic carbocycles. The Bertz CT molecular complexity index is 123. The first-order chi connectivity index (χ1) is 5.97. The zero-order valence-corrected chi connectivity index (χ0v) is 9.67. The molecule has 0 aliphatic carbocycles. The monoisotopic (exact) mass is 187 g/mol. The fourth-order valence-electron chi connectivity index (χ4n) is 1.33. The fourth-order valence-corrected chi connectivity index (χ4v) is 1.33. The summed E-state index contributed by atoms with van der Waals surface area (Å²) in [6, 6.07) is 0.744. The van der Waals surface area contributed by atoms with Gasteiger partial charge in [0.2, 0.25) is 0 Å². The molecule has 80 valence electrons. The number of rotatable bonds is 6. The third kappa shape index (κ3) is 6.05. The summed E-state index contributed by atoms with van der Waals surface area (Å²) in [7, 11) is 0. The Morgan fingerprint density at radius 1 is 1.08 bits per heavy atom. The molecule has 0 aliphatic rings. The molecule has 0 heterocycles. The molecule has 2 N–H and O–H groups in total. The van der Waals surface area contributed by atoms with E-state index in [1.54, 1.807) is 0 Å². The van der Waals surface area contributed by atoms with Crippen LogP contribution in [0.4, 0.5) is 0 Å². The van der Waals surface area contributed by atoms with Gasteiger partial charge in [0.05, 0.1) is 6.61 Å². The molecule has 2 nitrogen and oxygen atoms in total. The van der Waals surface area contributed by atoms with Gasteiger partial charge >= 0.3 is 0 Å². The van der Waals surface area contributed by atoms with Gasteiger partial charge in [-0.15, -0.1) is 0 Å². The summed E-state index contributed by atoms with van der Waals surface area (Å²) < 4.78 is 0. The Hall–Kier alpha value is -0.0800. The molecule has 2 atom stereocenters. The van der Waals surface area contributed by atoms with Crippen LogP contribution < -0.4 is 5.32 Å². The predicted molar refractivity (Wildman–Crippen MR) is 57.8 cm³/mol. The molecule has 0 aromatic rings. The first kappa shape index (κ1) is 12.9. The SMILES string of the molecule is CC(C)C[C@H](CO)N[C@@H](C)C(C)C. The second kappa shape index (κ2) is 6.39. The lowest BCUT2D eigenvalue weighted by atomic mass is 10.0. The fraction of sp³-hybridized carbons (Fsp3) is 1.00. The van der Waals surface area contributed by atoms with Crippen LogP contribution in [0.15, 0.2) is 0 Å². The van der Waals surface area contributed by atoms with Crippen LogP contribution >= 0.6 is 0 Å². The Morgan fingerprint density at radius 3 is 1.92 bits per heavy atom. The Kier molecular flexibility index (Phi) is 6.35. The molecule has 0 unspecified atom stereocenters. The molecule has 0 saturated heterocycles. The highest BCUT2D eigenvalue weighted by Gasteiger charge is 2.14. The van der Waals surface area contributed by atoms with Crippen molar-refractivity contribution < 1.29 is 5.11 Å². The lowest BCUT2D eigenvalue weighted by Gasteiger charge is -2.25. The van der Waals surface area contributed by atoms with E-state index in [2.05, 4.69) is 39.9 Å². The largest absolute Gasteiger partial charge is 0.395 e. The molecule has 0 amide bonds. The first-order valence-corrected chi connectivity index (χ1v) is 5.34. The second-order valence-corrected chi connectivity index (χ2v) is 4.71. The van der Waals surface area contributed by atoms with Crippen molar-refractivity contribution in [1.29, 1.82) is 0 Å². The van der Waals surface area contributed by atoms with Gasteiger partial charge in [-0.1, -0.05) is 27.7 Å². The van der Waals surface area contributed by atoms with E-state index < -0.39 is 0 Å². The summed E-state index contributed by atoms with van der Waals surface area (Å²) in [4.78, 5) is 0. The van der Waals surface area contributed by atoms with Crippen molar-refractivity contribution in [2.45, 2.75) is 53.1 Å². The zero-order chi connectivity index (χ0) is 10.4. The van der Waals surface area contributed by atoms with Crippen LogP contribution in [0.5, 0.6) is 0 Å². The summed E-state index contributed by atoms with van der Waals surface area (Å²) in [6.07, 6.45) is 1.05. The van der Waals surface area contributed by atoms with Crippen molar-refractivity contribution in [2.75, 3.05) is 6.61 Å². The lowest BCUT2D eigenvalue weighted by molar-refractivity contribution is 0.206. The smallest absolute Gasteiger partial charge is 0.0584 e. The standard InChI is InChI=1S/C11H25NO/c1-8(2)6-11(7-13)12-10(5)9(3)4/h8-13H,6-7H2,1-5H3/t10-,11+/m0/s1. The lowest BCUT2D eigenvalue weighted by Crippen LogP contribution is -2.42. The van der Waals surface area contributed by atoms with Gasteiger partial charge in [0.1, 0.15) is 0 Å². The van der Waals surface area contributed by atoms with E-state index in [0.717, 1.165) is 6.42 Å². The molecule has 13 heavy (non-hydrogen) atoms. The van der Waals surface area contributed by atoms with E-state index in [-0.39, 0.29) is 12.6 Å². The number of aliphatic hydroxyl groups is 1. The molecule has 0 fully saturated rings. The minimum atomic E-state index is 0.245. The maximum atomic E-state index is 9.14. The van der Waals surface area contributed by atoms with Gasteiger partial charge in [-0.05, 0) is 25.2 Å². The van der Waals surface area contributed by atoms with Gasteiger partial charge in [0.15, 0.2) is 0 Å². The topological polar surface area (TPSA) is 32.3 Å². The molecule has 0 rings (SSSR count). The van der Waals surface area contributed by atoms with Crippen molar-refractivity contribution in [3.05, 3.63) is 0 Å². The number of nitrogens with one attached hydrogen (secondary N) is 1. The van der Waals surface area contributed by atoms with E-state index in [4.69, 9.17) is 5.11 Å². The van der Waals surface area contributed by atoms with Crippen molar-refractivity contribution >= 4 is 0 Å². The highest BCUT2D eigenvalue weighted by atomic mass is 16.3. The molecule has 0 bridgehead atoms. The molecule has 0 saturated carbocycles. The predicted octanol–water partition coefficient (Wildman–Crippen LogP) is 2.03. The van der Waals surface area contributed by atoms with Crippen LogP contribution in [0.3, 0.4) is 0 Å². The van der Waals surface area contributed by atoms with Crippen LogP contribution in [-0.2, 0) is 0 Å². The van der Waals surface area contributed by atoms with Crippen LogP contribution in [0.2, 0.25) is 0 Å². The summed E-state index contributed by atoms with van der Waals surface area (Å²) in [5.41, 5.74) is 0. The van der Waals surface area contributed by atoms with Crippen molar-refractivity contribution in [1.82, 2.24) is 5.32 Å². The Balaban J connectivity index is 3.83. The summed E-state index contributed by atoms with van der Waals surface area (Å²) >= 11 is 0. The molecule has 0 aromatic heterocycles. The first-order valence-electron chi connectivity index (χ1n) is 5.34. The zero-order valence-electron chi connectivity index (χ0n) is 9.67. The van der Waals surface area contributed by atoms with Crippen molar-refractivity contribution in [3.8, 4) is 0 Å². The van der Waals surface area contributed by atoms with Gasteiger partial charge in [-0.3, -0.25) is 0 Å². The Morgan fingerprint density at radius 2 is 1.62 bits per heavy atom. The molecule has 0 spiro atoms. The molecule has 0 aliphatic heterocycles. The molecule has 0 radical (unpaired) electrons. The minimum Gasteiger partial charge on any atom is -0.395 e. The number of hydrogen-bond donors (Lipinski definition) is 2. The van der Waals surface area contributed by atoms with E-state index in [1.807, 2.05) is 0 Å². The van der Waals surface area contributed by atoms with Crippen LogP contribution in [0, 0.1) is 11.8 Å².